The first-order valence-electron chi connectivity index (χ1n) is 8.61. The van der Waals surface area contributed by atoms with Crippen LogP contribution in [0.4, 0.5) is 0 Å². The van der Waals surface area contributed by atoms with Crippen LogP contribution in [0, 0.1) is 5.92 Å². The van der Waals surface area contributed by atoms with Crippen LogP contribution < -0.4 is 5.32 Å². The summed E-state index contributed by atoms with van der Waals surface area (Å²) in [6, 6.07) is 6.96. The fourth-order valence-electron chi connectivity index (χ4n) is 3.48. The van der Waals surface area contributed by atoms with Crippen LogP contribution in [0.1, 0.15) is 19.8 Å². The molecule has 0 saturated carbocycles. The molecule has 1 aliphatic heterocycles. The Labute approximate surface area is 158 Å². The van der Waals surface area contributed by atoms with E-state index >= 15 is 0 Å². The van der Waals surface area contributed by atoms with Crippen LogP contribution in [0.3, 0.4) is 0 Å². The van der Waals surface area contributed by atoms with Crippen molar-refractivity contribution < 1.29 is 13.2 Å². The van der Waals surface area contributed by atoms with E-state index in [-0.39, 0.29) is 23.7 Å². The lowest BCUT2D eigenvalue weighted by Gasteiger charge is -2.34. The van der Waals surface area contributed by atoms with Gasteiger partial charge in [0.25, 0.3) is 0 Å². The minimum absolute atomic E-state index is 0.0188. The lowest BCUT2D eigenvalue weighted by molar-refractivity contribution is -0.119. The van der Waals surface area contributed by atoms with Crippen molar-refractivity contribution in [3.63, 3.8) is 0 Å². The molecule has 1 N–H and O–H groups in total. The number of piperidine rings is 1. The van der Waals surface area contributed by atoms with Crippen LogP contribution in [-0.2, 0) is 14.8 Å². The number of amides is 1. The fourth-order valence-corrected chi connectivity index (χ4v) is 5.24. The summed E-state index contributed by atoms with van der Waals surface area (Å²) in [5.41, 5.74) is 0. The fraction of sp³-hybridized carbons (Fsp3) is 0.444. The molecule has 1 aromatic heterocycles. The highest BCUT2D eigenvalue weighted by Gasteiger charge is 2.32. The third kappa shape index (κ3) is 3.84. The molecule has 2 heterocycles. The number of halogens is 1. The van der Waals surface area contributed by atoms with Crippen LogP contribution in [0.25, 0.3) is 10.8 Å². The molecule has 1 fully saturated rings. The number of alkyl halides is 1. The number of fused-ring (bicyclic) bond motifs is 1. The van der Waals surface area contributed by atoms with E-state index in [4.69, 9.17) is 11.6 Å². The Kier molecular flexibility index (Phi) is 5.79. The predicted molar refractivity (Wildman–Crippen MR) is 102 cm³/mol. The number of carbonyl (C=O) groups excluding carboxylic acids is 1. The third-order valence-electron chi connectivity index (χ3n) is 4.97. The second-order valence-electron chi connectivity index (χ2n) is 6.58. The molecule has 1 atom stereocenters. The molecule has 26 heavy (non-hydrogen) atoms. The summed E-state index contributed by atoms with van der Waals surface area (Å²) in [4.78, 5) is 15.8. The van der Waals surface area contributed by atoms with E-state index in [1.165, 1.54) is 4.31 Å². The predicted octanol–water partition coefficient (Wildman–Crippen LogP) is 2.38. The maximum absolute atomic E-state index is 13.1. The summed E-state index contributed by atoms with van der Waals surface area (Å²) in [6.07, 6.45) is 4.68. The lowest BCUT2D eigenvalue weighted by atomic mass is 9.91. The lowest BCUT2D eigenvalue weighted by Crippen LogP contribution is -2.45. The van der Waals surface area contributed by atoms with Crippen molar-refractivity contribution in [3.05, 3.63) is 36.7 Å². The summed E-state index contributed by atoms with van der Waals surface area (Å²) >= 11 is 5.53. The van der Waals surface area contributed by atoms with E-state index in [2.05, 4.69) is 10.3 Å². The van der Waals surface area contributed by atoms with Gasteiger partial charge in [0.2, 0.25) is 15.9 Å². The van der Waals surface area contributed by atoms with Gasteiger partial charge in [-0.3, -0.25) is 9.78 Å². The molecule has 1 unspecified atom stereocenters. The number of nitrogens with zero attached hydrogens (tertiary/aromatic N) is 2. The second-order valence-corrected chi connectivity index (χ2v) is 8.76. The topological polar surface area (TPSA) is 79.4 Å². The van der Waals surface area contributed by atoms with Gasteiger partial charge >= 0.3 is 0 Å². The average molecular weight is 396 g/mol. The van der Waals surface area contributed by atoms with Gasteiger partial charge in [0, 0.05) is 42.3 Å². The largest absolute Gasteiger partial charge is 0.352 e. The summed E-state index contributed by atoms with van der Waals surface area (Å²) in [5.74, 6) is -0.0167. The standard InChI is InChI=1S/C18H22ClN3O3S/c1-13(21-18(23)11-19)14-6-9-22(10-7-14)26(24,25)17-4-2-3-15-12-20-8-5-16(15)17/h2-5,8,12-14H,6-7,9-11H2,1H3,(H,21,23). The van der Waals surface area contributed by atoms with E-state index in [0.717, 1.165) is 5.39 Å². The molecule has 0 radical (unpaired) electrons. The third-order valence-corrected chi connectivity index (χ3v) is 7.17. The molecule has 0 spiro atoms. The highest BCUT2D eigenvalue weighted by molar-refractivity contribution is 7.89. The van der Waals surface area contributed by atoms with Gasteiger partial charge in [0.1, 0.15) is 5.88 Å². The molecule has 0 aliphatic carbocycles. The van der Waals surface area contributed by atoms with Gasteiger partial charge in [-0.15, -0.1) is 11.6 Å². The van der Waals surface area contributed by atoms with Gasteiger partial charge in [0.15, 0.2) is 0 Å². The van der Waals surface area contributed by atoms with Crippen LogP contribution in [0.2, 0.25) is 0 Å². The number of sulfonamides is 1. The van der Waals surface area contributed by atoms with E-state index < -0.39 is 10.0 Å². The number of pyridine rings is 1. The summed E-state index contributed by atoms with van der Waals surface area (Å²) in [6.45, 7) is 2.82. The van der Waals surface area contributed by atoms with Gasteiger partial charge in [-0.2, -0.15) is 4.31 Å². The molecular formula is C18H22ClN3O3S. The minimum Gasteiger partial charge on any atom is -0.352 e. The Morgan fingerprint density at radius 3 is 2.77 bits per heavy atom. The van der Waals surface area contributed by atoms with E-state index in [1.54, 1.807) is 30.6 Å². The zero-order valence-electron chi connectivity index (χ0n) is 14.6. The summed E-state index contributed by atoms with van der Waals surface area (Å²) < 4.78 is 27.8. The average Bonchev–Trinajstić information content (AvgIpc) is 2.67. The number of benzene rings is 1. The van der Waals surface area contributed by atoms with Gasteiger partial charge in [0.05, 0.1) is 4.90 Å². The monoisotopic (exact) mass is 395 g/mol. The maximum atomic E-state index is 13.1. The number of carbonyl (C=O) groups is 1. The van der Waals surface area contributed by atoms with Crippen molar-refractivity contribution in [2.24, 2.45) is 5.92 Å². The number of hydrogen-bond donors (Lipinski definition) is 1. The Hall–Kier alpha value is -1.70. The SMILES string of the molecule is CC(NC(=O)CCl)C1CCN(S(=O)(=O)c2cccc3cnccc23)CC1. The summed E-state index contributed by atoms with van der Waals surface area (Å²) in [7, 11) is -3.57. The van der Waals surface area contributed by atoms with Gasteiger partial charge < -0.3 is 5.32 Å². The minimum atomic E-state index is -3.57. The molecule has 1 saturated heterocycles. The zero-order chi connectivity index (χ0) is 18.7. The first-order valence-corrected chi connectivity index (χ1v) is 10.6. The van der Waals surface area contributed by atoms with Gasteiger partial charge in [-0.05, 0) is 37.8 Å². The van der Waals surface area contributed by atoms with Crippen molar-refractivity contribution in [1.82, 2.24) is 14.6 Å². The zero-order valence-corrected chi connectivity index (χ0v) is 16.1. The van der Waals surface area contributed by atoms with Crippen molar-refractivity contribution >= 4 is 38.3 Å². The van der Waals surface area contributed by atoms with Crippen LogP contribution in [0.15, 0.2) is 41.6 Å². The normalized spacial score (nSPS) is 17.9. The maximum Gasteiger partial charge on any atom is 0.243 e. The Morgan fingerprint density at radius 2 is 2.08 bits per heavy atom. The van der Waals surface area contributed by atoms with Crippen LogP contribution in [-0.4, -0.2) is 48.6 Å². The van der Waals surface area contributed by atoms with Gasteiger partial charge in [-0.25, -0.2) is 8.42 Å². The molecule has 3 rings (SSSR count). The van der Waals surface area contributed by atoms with Crippen molar-refractivity contribution in [3.8, 4) is 0 Å². The van der Waals surface area contributed by atoms with Gasteiger partial charge in [-0.1, -0.05) is 12.1 Å². The van der Waals surface area contributed by atoms with E-state index in [0.29, 0.717) is 36.2 Å². The second kappa shape index (κ2) is 7.90. The molecule has 1 aromatic carbocycles. The molecule has 8 heteroatoms. The van der Waals surface area contributed by atoms with Crippen molar-refractivity contribution in [2.75, 3.05) is 19.0 Å². The molecule has 2 aromatic rings. The first kappa shape index (κ1) is 19.1. The van der Waals surface area contributed by atoms with Crippen LogP contribution in [0.5, 0.6) is 0 Å². The molecule has 0 bridgehead atoms. The molecular weight excluding hydrogens is 374 g/mol. The van der Waals surface area contributed by atoms with Crippen molar-refractivity contribution in [2.45, 2.75) is 30.7 Å². The molecule has 140 valence electrons. The quantitative estimate of drug-likeness (QED) is 0.788. The number of rotatable bonds is 5. The van der Waals surface area contributed by atoms with Crippen LogP contribution >= 0.6 is 11.6 Å². The molecule has 1 aliphatic rings. The Morgan fingerprint density at radius 1 is 1.35 bits per heavy atom. The first-order chi connectivity index (χ1) is 12.4. The smallest absolute Gasteiger partial charge is 0.243 e. The summed E-state index contributed by atoms with van der Waals surface area (Å²) in [5, 5.41) is 4.36. The van der Waals surface area contributed by atoms with E-state index in [9.17, 15) is 13.2 Å². The molecule has 6 nitrogen and oxygen atoms in total. The number of hydrogen-bond acceptors (Lipinski definition) is 4. The van der Waals surface area contributed by atoms with Crippen molar-refractivity contribution in [1.29, 1.82) is 0 Å². The molecule has 1 amide bonds. The Balaban J connectivity index is 1.75. The van der Waals surface area contributed by atoms with E-state index in [1.807, 2.05) is 13.0 Å². The Bertz CT molecular complexity index is 890. The number of nitrogens with one attached hydrogen (secondary N) is 1. The highest BCUT2D eigenvalue weighted by atomic mass is 35.5. The highest BCUT2D eigenvalue weighted by Crippen LogP contribution is 2.29. The number of aromatic nitrogens is 1.